The normalized spacial score (nSPS) is 12.3. The molecule has 0 radical (unpaired) electrons. The molecule has 1 atom stereocenters. The van der Waals surface area contributed by atoms with Gasteiger partial charge in [0.2, 0.25) is 0 Å². The van der Waals surface area contributed by atoms with Crippen LogP contribution in [0.3, 0.4) is 0 Å². The van der Waals surface area contributed by atoms with Gasteiger partial charge in [-0.25, -0.2) is 0 Å². The van der Waals surface area contributed by atoms with Crippen molar-refractivity contribution < 1.29 is 4.79 Å². The molecule has 4 aromatic rings. The van der Waals surface area contributed by atoms with Crippen LogP contribution in [0.2, 0.25) is 5.02 Å². The Labute approximate surface area is 178 Å². The highest BCUT2D eigenvalue weighted by Crippen LogP contribution is 2.29. The lowest BCUT2D eigenvalue weighted by atomic mass is 10.1. The molecule has 0 unspecified atom stereocenters. The zero-order chi connectivity index (χ0) is 20.5. The minimum atomic E-state index is -0.305. The maximum absolute atomic E-state index is 12.8. The predicted molar refractivity (Wildman–Crippen MR) is 120 cm³/mol. The van der Waals surface area contributed by atoms with E-state index in [9.17, 15) is 4.79 Å². The first-order valence-electron chi connectivity index (χ1n) is 9.29. The second-order valence-electron chi connectivity index (χ2n) is 7.02. The quantitative estimate of drug-likeness (QED) is 0.294. The Kier molecular flexibility index (Phi) is 5.43. The van der Waals surface area contributed by atoms with Gasteiger partial charge < -0.3 is 4.57 Å². The number of ketones is 1. The molecule has 0 saturated carbocycles. The second-order valence-corrected chi connectivity index (χ2v) is 8.73. The summed E-state index contributed by atoms with van der Waals surface area (Å²) in [5.41, 5.74) is 2.56. The molecule has 0 aliphatic heterocycles. The van der Waals surface area contributed by atoms with Crippen molar-refractivity contribution in [2.45, 2.75) is 24.3 Å². The molecule has 0 spiro atoms. The number of carbonyl (C=O) groups excluding carboxylic acids is 1. The molecule has 0 fully saturated rings. The number of aromatic nitrogens is 3. The Balaban J connectivity index is 1.57. The van der Waals surface area contributed by atoms with Gasteiger partial charge in [0.15, 0.2) is 16.8 Å². The molecule has 0 N–H and O–H groups in total. The Morgan fingerprint density at radius 3 is 2.55 bits per heavy atom. The van der Waals surface area contributed by atoms with Crippen LogP contribution in [0.1, 0.15) is 22.8 Å². The number of benzene rings is 3. The lowest BCUT2D eigenvalue weighted by molar-refractivity contribution is 0.0994. The van der Waals surface area contributed by atoms with E-state index in [1.54, 1.807) is 6.07 Å². The van der Waals surface area contributed by atoms with E-state index in [-0.39, 0.29) is 11.0 Å². The SMILES string of the molecule is Cc1ccc(C(=O)[C@@H](C)Sc2nnc(-c3ccc4ccccc4c3)n2C)cc1Cl. The Hall–Kier alpha value is -2.63. The van der Waals surface area contributed by atoms with Gasteiger partial charge in [0.1, 0.15) is 0 Å². The Morgan fingerprint density at radius 1 is 1.03 bits per heavy atom. The standard InChI is InChI=1S/C23H20ClN3OS/c1-14-8-9-18(13-20(14)24)21(28)15(2)29-23-26-25-22(27(23)3)19-11-10-16-6-4-5-7-17(16)12-19/h4-13,15H,1-3H3/t15-/m1/s1. The van der Waals surface area contributed by atoms with E-state index in [1.165, 1.54) is 17.1 Å². The minimum absolute atomic E-state index is 0.0205. The van der Waals surface area contributed by atoms with Crippen molar-refractivity contribution in [2.24, 2.45) is 7.05 Å². The Bertz CT molecular complexity index is 1220. The number of fused-ring (bicyclic) bond motifs is 1. The van der Waals surface area contributed by atoms with Gasteiger partial charge in [-0.1, -0.05) is 71.9 Å². The van der Waals surface area contributed by atoms with E-state index >= 15 is 0 Å². The van der Waals surface area contributed by atoms with Gasteiger partial charge in [-0.2, -0.15) is 0 Å². The number of hydrogen-bond acceptors (Lipinski definition) is 4. The van der Waals surface area contributed by atoms with E-state index < -0.39 is 0 Å². The maximum Gasteiger partial charge on any atom is 0.191 e. The monoisotopic (exact) mass is 421 g/mol. The van der Waals surface area contributed by atoms with Crippen LogP contribution in [-0.4, -0.2) is 25.8 Å². The van der Waals surface area contributed by atoms with Crippen molar-refractivity contribution in [3.05, 3.63) is 76.8 Å². The summed E-state index contributed by atoms with van der Waals surface area (Å²) < 4.78 is 1.93. The fraction of sp³-hybridized carbons (Fsp3) is 0.174. The molecule has 4 rings (SSSR count). The highest BCUT2D eigenvalue weighted by molar-refractivity contribution is 8.00. The largest absolute Gasteiger partial charge is 0.305 e. The van der Waals surface area contributed by atoms with Gasteiger partial charge in [-0.05, 0) is 42.3 Å². The first-order valence-corrected chi connectivity index (χ1v) is 10.6. The van der Waals surface area contributed by atoms with Crippen LogP contribution in [-0.2, 0) is 7.05 Å². The first-order chi connectivity index (χ1) is 13.9. The summed E-state index contributed by atoms with van der Waals surface area (Å²) in [5.74, 6) is 0.795. The van der Waals surface area contributed by atoms with Crippen molar-refractivity contribution in [1.29, 1.82) is 0 Å². The van der Waals surface area contributed by atoms with E-state index in [2.05, 4.69) is 34.5 Å². The van der Waals surface area contributed by atoms with Crippen molar-refractivity contribution in [3.8, 4) is 11.4 Å². The number of nitrogens with zero attached hydrogens (tertiary/aromatic N) is 3. The minimum Gasteiger partial charge on any atom is -0.305 e. The van der Waals surface area contributed by atoms with Gasteiger partial charge in [0, 0.05) is 23.2 Å². The van der Waals surface area contributed by atoms with Gasteiger partial charge in [0.05, 0.1) is 5.25 Å². The third-order valence-electron chi connectivity index (χ3n) is 4.95. The number of rotatable bonds is 5. The third kappa shape index (κ3) is 3.93. The molecule has 4 nitrogen and oxygen atoms in total. The molecule has 0 bridgehead atoms. The number of thioether (sulfide) groups is 1. The topological polar surface area (TPSA) is 47.8 Å². The number of hydrogen-bond donors (Lipinski definition) is 0. The molecule has 146 valence electrons. The maximum atomic E-state index is 12.8. The molecule has 1 heterocycles. The number of carbonyl (C=O) groups is 1. The zero-order valence-corrected chi connectivity index (χ0v) is 18.0. The van der Waals surface area contributed by atoms with Crippen LogP contribution < -0.4 is 0 Å². The molecule has 6 heteroatoms. The van der Waals surface area contributed by atoms with Crippen molar-refractivity contribution >= 4 is 39.9 Å². The van der Waals surface area contributed by atoms with E-state index in [0.717, 1.165) is 22.3 Å². The number of Topliss-reactive ketones (excluding diaryl/α,β-unsaturated/α-hetero) is 1. The summed E-state index contributed by atoms with van der Waals surface area (Å²) in [6, 6.07) is 19.9. The van der Waals surface area contributed by atoms with Crippen LogP contribution in [0.25, 0.3) is 22.2 Å². The van der Waals surface area contributed by atoms with Crippen molar-refractivity contribution in [2.75, 3.05) is 0 Å². The molecular formula is C23H20ClN3OS. The van der Waals surface area contributed by atoms with Gasteiger partial charge >= 0.3 is 0 Å². The molecule has 29 heavy (non-hydrogen) atoms. The highest BCUT2D eigenvalue weighted by Gasteiger charge is 2.21. The number of halogens is 1. The summed E-state index contributed by atoms with van der Waals surface area (Å²) >= 11 is 7.57. The summed E-state index contributed by atoms with van der Waals surface area (Å²) in [7, 11) is 1.92. The number of aryl methyl sites for hydroxylation is 1. The highest BCUT2D eigenvalue weighted by atomic mass is 35.5. The predicted octanol–water partition coefficient (Wildman–Crippen LogP) is 5.96. The lowest BCUT2D eigenvalue weighted by Crippen LogP contribution is -2.14. The fourth-order valence-corrected chi connectivity index (χ4v) is 4.26. The van der Waals surface area contributed by atoms with Gasteiger partial charge in [0.25, 0.3) is 0 Å². The van der Waals surface area contributed by atoms with Crippen molar-refractivity contribution in [3.63, 3.8) is 0 Å². The van der Waals surface area contributed by atoms with Crippen molar-refractivity contribution in [1.82, 2.24) is 14.8 Å². The third-order valence-corrected chi connectivity index (χ3v) is 6.49. The van der Waals surface area contributed by atoms with Gasteiger partial charge in [-0.3, -0.25) is 4.79 Å². The molecule has 0 aliphatic rings. The summed E-state index contributed by atoms with van der Waals surface area (Å²) in [4.78, 5) is 12.8. The molecule has 3 aromatic carbocycles. The van der Waals surface area contributed by atoms with Crippen LogP contribution in [0.15, 0.2) is 65.8 Å². The average molecular weight is 422 g/mol. The fourth-order valence-electron chi connectivity index (χ4n) is 3.19. The van der Waals surface area contributed by atoms with Gasteiger partial charge in [-0.15, -0.1) is 10.2 Å². The van der Waals surface area contributed by atoms with E-state index in [1.807, 2.05) is 55.8 Å². The summed E-state index contributed by atoms with van der Waals surface area (Å²) in [6.07, 6.45) is 0. The average Bonchev–Trinajstić information content (AvgIpc) is 3.09. The molecule has 0 saturated heterocycles. The molecule has 1 aromatic heterocycles. The van der Waals surface area contributed by atoms with Crippen LogP contribution in [0, 0.1) is 6.92 Å². The lowest BCUT2D eigenvalue weighted by Gasteiger charge is -2.11. The zero-order valence-electron chi connectivity index (χ0n) is 16.4. The summed E-state index contributed by atoms with van der Waals surface area (Å²) in [6.45, 7) is 3.80. The van der Waals surface area contributed by atoms with E-state index in [0.29, 0.717) is 15.7 Å². The van der Waals surface area contributed by atoms with Crippen LogP contribution >= 0.6 is 23.4 Å². The molecular weight excluding hydrogens is 402 g/mol. The molecule has 0 aliphatic carbocycles. The van der Waals surface area contributed by atoms with Crippen LogP contribution in [0.4, 0.5) is 0 Å². The molecule has 0 amide bonds. The van der Waals surface area contributed by atoms with Crippen LogP contribution in [0.5, 0.6) is 0 Å². The smallest absolute Gasteiger partial charge is 0.191 e. The second kappa shape index (κ2) is 8.01. The van der Waals surface area contributed by atoms with E-state index in [4.69, 9.17) is 11.6 Å². The Morgan fingerprint density at radius 2 is 1.79 bits per heavy atom. The first kappa shape index (κ1) is 19.7. The summed E-state index contributed by atoms with van der Waals surface area (Å²) in [5, 5.41) is 12.0.